The number of Topliss-reactive ketones (excluding diaryl/α,β-unsaturated/α-hetero) is 1. The molecule has 0 heterocycles. The second kappa shape index (κ2) is 13.7. The Bertz CT molecular complexity index is 1170. The van der Waals surface area contributed by atoms with E-state index < -0.39 is 28.6 Å². The summed E-state index contributed by atoms with van der Waals surface area (Å²) < 4.78 is 6.34. The molecular formula is C33H47ClN2O4. The summed E-state index contributed by atoms with van der Waals surface area (Å²) in [7, 11) is 0. The summed E-state index contributed by atoms with van der Waals surface area (Å²) in [6, 6.07) is 15.1. The zero-order chi connectivity index (χ0) is 30.3. The lowest BCUT2D eigenvalue weighted by atomic mass is 9.76. The number of hydrogen-bond acceptors (Lipinski definition) is 4. The summed E-state index contributed by atoms with van der Waals surface area (Å²) in [5.41, 5.74) is 1.67. The molecule has 220 valence electrons. The van der Waals surface area contributed by atoms with Crippen molar-refractivity contribution in [1.82, 2.24) is 5.32 Å². The predicted octanol–water partition coefficient (Wildman–Crippen LogP) is 7.18. The molecule has 0 saturated heterocycles. The summed E-state index contributed by atoms with van der Waals surface area (Å²) in [5.74, 6) is -0.703. The molecule has 2 atom stereocenters. The van der Waals surface area contributed by atoms with Gasteiger partial charge in [-0.3, -0.25) is 14.4 Å². The molecule has 0 aliphatic heterocycles. The number of rotatable bonds is 14. The van der Waals surface area contributed by atoms with E-state index in [0.717, 1.165) is 18.4 Å². The first kappa shape index (κ1) is 33.3. The van der Waals surface area contributed by atoms with Gasteiger partial charge in [0.25, 0.3) is 5.91 Å². The molecule has 0 aliphatic carbocycles. The van der Waals surface area contributed by atoms with Crippen molar-refractivity contribution in [3.8, 4) is 5.75 Å². The smallest absolute Gasteiger partial charge is 0.261 e. The Morgan fingerprint density at radius 2 is 1.45 bits per heavy atom. The van der Waals surface area contributed by atoms with Crippen LogP contribution in [0.1, 0.15) is 92.7 Å². The van der Waals surface area contributed by atoms with Gasteiger partial charge in [-0.2, -0.15) is 0 Å². The van der Waals surface area contributed by atoms with Gasteiger partial charge >= 0.3 is 0 Å². The van der Waals surface area contributed by atoms with Crippen LogP contribution in [0, 0.1) is 5.41 Å². The summed E-state index contributed by atoms with van der Waals surface area (Å²) >= 11 is 6.26. The van der Waals surface area contributed by atoms with E-state index in [0.29, 0.717) is 17.9 Å². The number of alkyl halides is 1. The highest BCUT2D eigenvalue weighted by molar-refractivity contribution is 6.43. The van der Waals surface area contributed by atoms with Crippen LogP contribution in [0.15, 0.2) is 48.5 Å². The maximum atomic E-state index is 13.2. The van der Waals surface area contributed by atoms with Gasteiger partial charge in [0.2, 0.25) is 5.91 Å². The first-order valence-electron chi connectivity index (χ1n) is 14.2. The zero-order valence-electron chi connectivity index (χ0n) is 25.6. The Labute approximate surface area is 245 Å². The van der Waals surface area contributed by atoms with E-state index in [1.807, 2.05) is 19.1 Å². The normalized spacial score (nSPS) is 13.8. The molecule has 40 heavy (non-hydrogen) atoms. The van der Waals surface area contributed by atoms with Crippen molar-refractivity contribution >= 4 is 34.9 Å². The van der Waals surface area contributed by atoms with Gasteiger partial charge in [-0.25, -0.2) is 0 Å². The molecule has 0 bridgehead atoms. The van der Waals surface area contributed by atoms with E-state index in [1.54, 1.807) is 38.1 Å². The lowest BCUT2D eigenvalue weighted by molar-refractivity contribution is -0.132. The molecule has 2 amide bonds. The van der Waals surface area contributed by atoms with Gasteiger partial charge in [-0.1, -0.05) is 92.6 Å². The van der Waals surface area contributed by atoms with Crippen molar-refractivity contribution < 1.29 is 19.1 Å². The van der Waals surface area contributed by atoms with Crippen LogP contribution in [0.2, 0.25) is 0 Å². The Kier molecular flexibility index (Phi) is 11.4. The van der Waals surface area contributed by atoms with Gasteiger partial charge in [-0.05, 0) is 53.9 Å². The highest BCUT2D eigenvalue weighted by Gasteiger charge is 2.37. The first-order valence-corrected chi connectivity index (χ1v) is 14.7. The number of carbonyl (C=O) groups is 3. The Hall–Kier alpha value is -2.86. The number of nitrogens with one attached hydrogen (secondary N) is 2. The fourth-order valence-corrected chi connectivity index (χ4v) is 4.50. The van der Waals surface area contributed by atoms with E-state index in [9.17, 15) is 14.4 Å². The molecule has 0 spiro atoms. The second-order valence-corrected chi connectivity index (χ2v) is 12.8. The molecule has 0 radical (unpaired) electrons. The summed E-state index contributed by atoms with van der Waals surface area (Å²) in [6.07, 6.45) is 1.63. The molecule has 2 aromatic rings. The van der Waals surface area contributed by atoms with E-state index in [1.165, 1.54) is 5.56 Å². The topological polar surface area (TPSA) is 84.5 Å². The molecule has 6 nitrogen and oxygen atoms in total. The van der Waals surface area contributed by atoms with E-state index in [4.69, 9.17) is 16.3 Å². The minimum atomic E-state index is -1.39. The Balaban J connectivity index is 2.15. The van der Waals surface area contributed by atoms with Crippen molar-refractivity contribution in [2.45, 2.75) is 104 Å². The van der Waals surface area contributed by atoms with E-state index in [-0.39, 0.29) is 23.3 Å². The van der Waals surface area contributed by atoms with Gasteiger partial charge in [0.15, 0.2) is 17.3 Å². The maximum Gasteiger partial charge on any atom is 0.261 e. The average Bonchev–Trinajstić information content (AvgIpc) is 2.94. The lowest BCUT2D eigenvalue weighted by Crippen LogP contribution is -2.48. The van der Waals surface area contributed by atoms with Gasteiger partial charge in [0, 0.05) is 23.2 Å². The van der Waals surface area contributed by atoms with Gasteiger partial charge in [0.1, 0.15) is 5.75 Å². The molecule has 0 aliphatic rings. The number of halogens is 1. The molecule has 7 heteroatoms. The van der Waals surface area contributed by atoms with Crippen molar-refractivity contribution in [2.75, 3.05) is 11.9 Å². The second-order valence-electron chi connectivity index (χ2n) is 12.4. The number of hydrogen-bond donors (Lipinski definition) is 2. The first-order chi connectivity index (χ1) is 18.6. The standard InChI is InChI=1S/C33H47ClN2O4/c1-10-25(40-26-19-18-22(31(4,5)11-2)20-24(26)32(6,7)12-3)29(38)35-21-33(8,9)28(37)27(34)30(39)36-23-16-14-13-15-17-23/h13-20,25,27H,10-12,21H2,1-9H3,(H,35,38)(H,36,39). The van der Waals surface area contributed by atoms with Crippen molar-refractivity contribution in [1.29, 1.82) is 0 Å². The van der Waals surface area contributed by atoms with Crippen molar-refractivity contribution in [3.63, 3.8) is 0 Å². The lowest BCUT2D eigenvalue weighted by Gasteiger charge is -2.32. The summed E-state index contributed by atoms with van der Waals surface area (Å²) in [6.45, 7) is 18.4. The van der Waals surface area contributed by atoms with Crippen LogP contribution in [0.5, 0.6) is 5.75 Å². The van der Waals surface area contributed by atoms with Crippen LogP contribution in [-0.2, 0) is 25.2 Å². The molecule has 0 aromatic heterocycles. The summed E-state index contributed by atoms with van der Waals surface area (Å²) in [5, 5.41) is 4.12. The quantitative estimate of drug-likeness (QED) is 0.186. The number of benzene rings is 2. The third-order valence-corrected chi connectivity index (χ3v) is 8.46. The molecular weight excluding hydrogens is 524 g/mol. The third-order valence-electron chi connectivity index (χ3n) is 8.06. The monoisotopic (exact) mass is 570 g/mol. The number of ketones is 1. The largest absolute Gasteiger partial charge is 0.480 e. The highest BCUT2D eigenvalue weighted by atomic mass is 35.5. The minimum absolute atomic E-state index is 0.0172. The highest BCUT2D eigenvalue weighted by Crippen LogP contribution is 2.39. The molecule has 0 saturated carbocycles. The number of amides is 2. The van der Waals surface area contributed by atoms with Crippen LogP contribution < -0.4 is 15.4 Å². The van der Waals surface area contributed by atoms with Gasteiger partial charge in [-0.15, -0.1) is 11.6 Å². The number of carbonyl (C=O) groups excluding carboxylic acids is 3. The number of ether oxygens (including phenoxy) is 1. The number of anilines is 1. The van der Waals surface area contributed by atoms with E-state index >= 15 is 0 Å². The molecule has 2 rings (SSSR count). The van der Waals surface area contributed by atoms with Crippen LogP contribution in [0.4, 0.5) is 5.69 Å². The molecule has 2 aromatic carbocycles. The maximum absolute atomic E-state index is 13.2. The predicted molar refractivity (Wildman–Crippen MR) is 164 cm³/mol. The fraction of sp³-hybridized carbons (Fsp3) is 0.545. The Morgan fingerprint density at radius 1 is 0.850 bits per heavy atom. The SMILES string of the molecule is CCC(Oc1ccc(C(C)(C)CC)cc1C(C)(C)CC)C(=O)NCC(C)(C)C(=O)C(Cl)C(=O)Nc1ccccc1. The Morgan fingerprint density at radius 3 is 2.00 bits per heavy atom. The number of para-hydroxylation sites is 1. The van der Waals surface area contributed by atoms with Crippen molar-refractivity contribution in [2.24, 2.45) is 5.41 Å². The van der Waals surface area contributed by atoms with Crippen molar-refractivity contribution in [3.05, 3.63) is 59.7 Å². The van der Waals surface area contributed by atoms with E-state index in [2.05, 4.69) is 64.3 Å². The van der Waals surface area contributed by atoms with Gasteiger partial charge in [0.05, 0.1) is 0 Å². The fourth-order valence-electron chi connectivity index (χ4n) is 4.15. The van der Waals surface area contributed by atoms with Crippen LogP contribution >= 0.6 is 11.6 Å². The molecule has 2 N–H and O–H groups in total. The zero-order valence-corrected chi connectivity index (χ0v) is 26.4. The third kappa shape index (κ3) is 8.33. The van der Waals surface area contributed by atoms with Crippen LogP contribution in [0.3, 0.4) is 0 Å². The molecule has 0 fully saturated rings. The van der Waals surface area contributed by atoms with Crippen LogP contribution in [0.25, 0.3) is 0 Å². The molecule has 2 unspecified atom stereocenters. The van der Waals surface area contributed by atoms with Crippen LogP contribution in [-0.4, -0.2) is 35.6 Å². The van der Waals surface area contributed by atoms with Gasteiger partial charge < -0.3 is 15.4 Å². The summed E-state index contributed by atoms with van der Waals surface area (Å²) in [4.78, 5) is 38.9. The average molecular weight is 571 g/mol. The minimum Gasteiger partial charge on any atom is -0.480 e.